The Morgan fingerprint density at radius 3 is 2.27 bits per heavy atom. The molecule has 2 aliphatic rings. The number of anilines is 3. The van der Waals surface area contributed by atoms with E-state index < -0.39 is 10.0 Å². The normalized spacial score (nSPS) is 16.3. The quantitative estimate of drug-likeness (QED) is 0.254. The Kier molecular flexibility index (Phi) is 9.71. The van der Waals surface area contributed by atoms with Crippen molar-refractivity contribution in [2.24, 2.45) is 5.92 Å². The molecule has 9 nitrogen and oxygen atoms in total. The van der Waals surface area contributed by atoms with E-state index in [1.807, 2.05) is 49.3 Å². The second kappa shape index (κ2) is 13.7. The van der Waals surface area contributed by atoms with Crippen molar-refractivity contribution in [2.45, 2.75) is 32.1 Å². The largest absolute Gasteiger partial charge is 0.354 e. The second-order valence-electron chi connectivity index (χ2n) is 11.9. The van der Waals surface area contributed by atoms with E-state index >= 15 is 0 Å². The Morgan fingerprint density at radius 1 is 0.909 bits per heavy atom. The molecule has 1 saturated carbocycles. The van der Waals surface area contributed by atoms with Crippen LogP contribution >= 0.6 is 0 Å². The minimum atomic E-state index is -3.48. The van der Waals surface area contributed by atoms with E-state index in [0.29, 0.717) is 65.0 Å². The molecule has 3 N–H and O–H groups in total. The molecule has 0 aromatic heterocycles. The van der Waals surface area contributed by atoms with E-state index in [2.05, 4.69) is 16.0 Å². The first-order chi connectivity index (χ1) is 21.1. The van der Waals surface area contributed by atoms with Crippen molar-refractivity contribution >= 4 is 50.2 Å². The molecule has 3 aromatic carbocycles. The fourth-order valence-electron chi connectivity index (χ4n) is 5.80. The minimum absolute atomic E-state index is 0.147. The number of nitrogens with zero attached hydrogens (tertiary/aromatic N) is 2. The summed E-state index contributed by atoms with van der Waals surface area (Å²) >= 11 is 0. The van der Waals surface area contributed by atoms with Crippen molar-refractivity contribution in [3.8, 4) is 0 Å². The number of rotatable bonds is 11. The van der Waals surface area contributed by atoms with Crippen LogP contribution in [0.1, 0.15) is 53.6 Å². The summed E-state index contributed by atoms with van der Waals surface area (Å²) in [4.78, 5) is 28.5. The van der Waals surface area contributed by atoms with Crippen LogP contribution in [0.3, 0.4) is 0 Å². The smallest absolute Gasteiger partial charge is 0.258 e. The standard InChI is InChI=1S/C34H41N5O4S/c1-38(2)20-21-39(44(3,42)43)28-17-15-27(16-18-28)36-32(25-12-8-5-9-13-25)31-29-22-26(14-19-30(29)37-34(31)41)33(40)35-23-24-10-6-4-7-11-24/h5,8-9,12-19,22,24,36H,4,6-7,10-11,20-21,23H2,1-3H3,(H,35,40)(H,37,41). The molecular weight excluding hydrogens is 574 g/mol. The van der Waals surface area contributed by atoms with Crippen molar-refractivity contribution in [1.82, 2.24) is 10.2 Å². The first-order valence-corrected chi connectivity index (χ1v) is 17.0. The number of carbonyl (C=O) groups excluding carboxylic acids is 2. The van der Waals surface area contributed by atoms with Gasteiger partial charge in [-0.3, -0.25) is 13.9 Å². The van der Waals surface area contributed by atoms with Gasteiger partial charge in [-0.15, -0.1) is 0 Å². The molecule has 232 valence electrons. The Balaban J connectivity index is 1.46. The zero-order chi connectivity index (χ0) is 31.3. The lowest BCUT2D eigenvalue weighted by atomic mass is 9.89. The average molecular weight is 616 g/mol. The van der Waals surface area contributed by atoms with Crippen LogP contribution in [0.25, 0.3) is 11.3 Å². The van der Waals surface area contributed by atoms with Crippen molar-refractivity contribution in [2.75, 3.05) is 54.9 Å². The maximum absolute atomic E-state index is 13.4. The third-order valence-corrected chi connectivity index (χ3v) is 9.38. The van der Waals surface area contributed by atoms with Gasteiger partial charge in [0.2, 0.25) is 10.0 Å². The Bertz CT molecular complexity index is 1630. The molecule has 1 fully saturated rings. The lowest BCUT2D eigenvalue weighted by molar-refractivity contribution is -0.110. The first-order valence-electron chi connectivity index (χ1n) is 15.1. The summed E-state index contributed by atoms with van der Waals surface area (Å²) in [6.45, 7) is 1.56. The van der Waals surface area contributed by atoms with Crippen molar-refractivity contribution < 1.29 is 18.0 Å². The van der Waals surface area contributed by atoms with Crippen LogP contribution in [-0.2, 0) is 14.8 Å². The number of amides is 2. The fraction of sp³-hybridized carbons (Fsp3) is 0.353. The van der Waals surface area contributed by atoms with Gasteiger partial charge in [0.05, 0.1) is 23.2 Å². The molecule has 44 heavy (non-hydrogen) atoms. The molecule has 0 radical (unpaired) electrons. The van der Waals surface area contributed by atoms with E-state index in [9.17, 15) is 18.0 Å². The molecule has 0 saturated heterocycles. The Hall–Kier alpha value is -4.15. The number of benzene rings is 3. The van der Waals surface area contributed by atoms with Crippen molar-refractivity contribution in [3.05, 3.63) is 89.5 Å². The lowest BCUT2D eigenvalue weighted by Crippen LogP contribution is -2.35. The summed E-state index contributed by atoms with van der Waals surface area (Å²) in [5.74, 6) is 0.0971. The molecule has 0 bridgehead atoms. The number of fused-ring (bicyclic) bond motifs is 1. The van der Waals surface area contributed by atoms with Gasteiger partial charge in [-0.25, -0.2) is 8.42 Å². The number of nitrogens with one attached hydrogen (secondary N) is 3. The van der Waals surface area contributed by atoms with Gasteiger partial charge < -0.3 is 20.9 Å². The highest BCUT2D eigenvalue weighted by Gasteiger charge is 2.30. The van der Waals surface area contributed by atoms with Crippen LogP contribution in [-0.4, -0.2) is 65.1 Å². The summed E-state index contributed by atoms with van der Waals surface area (Å²) in [5.41, 5.74) is 4.85. The molecule has 0 unspecified atom stereocenters. The van der Waals surface area contributed by atoms with E-state index in [4.69, 9.17) is 0 Å². The van der Waals surface area contributed by atoms with Crippen LogP contribution in [0.2, 0.25) is 0 Å². The second-order valence-corrected chi connectivity index (χ2v) is 13.8. The van der Waals surface area contributed by atoms with Gasteiger partial charge in [-0.1, -0.05) is 49.6 Å². The van der Waals surface area contributed by atoms with Gasteiger partial charge >= 0.3 is 0 Å². The first kappa shape index (κ1) is 31.3. The number of hydrogen-bond acceptors (Lipinski definition) is 6. The molecular formula is C34H41N5O4S. The van der Waals surface area contributed by atoms with Crippen LogP contribution < -0.4 is 20.3 Å². The monoisotopic (exact) mass is 615 g/mol. The predicted molar refractivity (Wildman–Crippen MR) is 178 cm³/mol. The van der Waals surface area contributed by atoms with E-state index in [1.54, 1.807) is 42.5 Å². The maximum Gasteiger partial charge on any atom is 0.258 e. The van der Waals surface area contributed by atoms with Gasteiger partial charge in [0.15, 0.2) is 0 Å². The molecule has 2 amide bonds. The Morgan fingerprint density at radius 2 is 1.61 bits per heavy atom. The molecule has 5 rings (SSSR count). The fourth-order valence-corrected chi connectivity index (χ4v) is 6.72. The van der Waals surface area contributed by atoms with Crippen molar-refractivity contribution in [1.29, 1.82) is 0 Å². The summed E-state index contributed by atoms with van der Waals surface area (Å²) in [7, 11) is 0.321. The van der Waals surface area contributed by atoms with Gasteiger partial charge in [-0.2, -0.15) is 0 Å². The molecule has 0 spiro atoms. The minimum Gasteiger partial charge on any atom is -0.354 e. The van der Waals surface area contributed by atoms with Crippen LogP contribution in [0.15, 0.2) is 72.8 Å². The molecule has 1 aliphatic heterocycles. The number of likely N-dealkylation sites (N-methyl/N-ethyl adjacent to an activating group) is 1. The highest BCUT2D eigenvalue weighted by Crippen LogP contribution is 2.38. The van der Waals surface area contributed by atoms with E-state index in [0.717, 1.165) is 18.4 Å². The zero-order valence-corrected chi connectivity index (χ0v) is 26.4. The predicted octanol–water partition coefficient (Wildman–Crippen LogP) is 5.26. The van der Waals surface area contributed by atoms with Gasteiger partial charge in [-0.05, 0) is 80.9 Å². The van der Waals surface area contributed by atoms with Crippen molar-refractivity contribution in [3.63, 3.8) is 0 Å². The maximum atomic E-state index is 13.4. The molecule has 0 atom stereocenters. The number of hydrogen-bond donors (Lipinski definition) is 3. The average Bonchev–Trinajstić information content (AvgIpc) is 3.34. The molecule has 3 aromatic rings. The van der Waals surface area contributed by atoms with Gasteiger partial charge in [0.1, 0.15) is 0 Å². The topological polar surface area (TPSA) is 111 Å². The summed E-state index contributed by atoms with van der Waals surface area (Å²) in [5, 5.41) is 9.48. The third kappa shape index (κ3) is 7.49. The molecule has 10 heteroatoms. The zero-order valence-electron chi connectivity index (χ0n) is 25.6. The summed E-state index contributed by atoms with van der Waals surface area (Å²) < 4.78 is 26.4. The van der Waals surface area contributed by atoms with Crippen LogP contribution in [0, 0.1) is 5.92 Å². The highest BCUT2D eigenvalue weighted by atomic mass is 32.2. The van der Waals surface area contributed by atoms with Gasteiger partial charge in [0.25, 0.3) is 11.8 Å². The SMILES string of the molecule is CN(C)CCN(c1ccc(NC(=C2C(=O)Nc3ccc(C(=O)NCC4CCCCC4)cc32)c2ccccc2)cc1)S(C)(=O)=O. The third-order valence-electron chi connectivity index (χ3n) is 8.19. The Labute approximate surface area is 260 Å². The summed E-state index contributed by atoms with van der Waals surface area (Å²) in [6.07, 6.45) is 7.19. The highest BCUT2D eigenvalue weighted by molar-refractivity contribution is 7.92. The molecule has 1 heterocycles. The van der Waals surface area contributed by atoms with Crippen LogP contribution in [0.5, 0.6) is 0 Å². The van der Waals surface area contributed by atoms with Gasteiger partial charge in [0, 0.05) is 42.1 Å². The van der Waals surface area contributed by atoms with E-state index in [1.165, 1.54) is 29.8 Å². The summed E-state index contributed by atoms with van der Waals surface area (Å²) in [6, 6.07) is 22.0. The van der Waals surface area contributed by atoms with E-state index in [-0.39, 0.29) is 11.8 Å². The van der Waals surface area contributed by atoms with Crippen LogP contribution in [0.4, 0.5) is 17.1 Å². The lowest BCUT2D eigenvalue weighted by Gasteiger charge is -2.24. The number of sulfonamides is 1. The molecule has 1 aliphatic carbocycles. The number of carbonyl (C=O) groups is 2.